The first-order valence-electron chi connectivity index (χ1n) is 12.3. The summed E-state index contributed by atoms with van der Waals surface area (Å²) < 4.78 is 4.13. The van der Waals surface area contributed by atoms with Crippen molar-refractivity contribution in [2.45, 2.75) is 13.5 Å². The van der Waals surface area contributed by atoms with Crippen LogP contribution < -0.4 is 4.90 Å². The molecule has 0 spiro atoms. The minimum Gasteiger partial charge on any atom is -0.368 e. The number of pyridine rings is 2. The molecule has 1 amide bonds. The van der Waals surface area contributed by atoms with E-state index >= 15 is 0 Å². The Morgan fingerprint density at radius 3 is 2.53 bits per heavy atom. The van der Waals surface area contributed by atoms with Crippen molar-refractivity contribution in [3.05, 3.63) is 108 Å². The van der Waals surface area contributed by atoms with Crippen LogP contribution in [0, 0.1) is 6.92 Å². The number of anilines is 1. The maximum absolute atomic E-state index is 13.6. The van der Waals surface area contributed by atoms with Crippen LogP contribution in [-0.4, -0.2) is 55.9 Å². The summed E-state index contributed by atoms with van der Waals surface area (Å²) in [6.07, 6.45) is 9.74. The van der Waals surface area contributed by atoms with Gasteiger partial charge in [-0.05, 0) is 48.9 Å². The number of imidazole rings is 1. The molecule has 0 saturated carbocycles. The number of piperazine rings is 1. The average molecular weight is 477 g/mol. The molecule has 7 heteroatoms. The molecule has 0 radical (unpaired) electrons. The van der Waals surface area contributed by atoms with Crippen LogP contribution >= 0.6 is 0 Å². The fraction of sp³-hybridized carbons (Fsp3) is 0.207. The van der Waals surface area contributed by atoms with Gasteiger partial charge in [-0.2, -0.15) is 0 Å². The molecule has 5 aromatic rings. The first-order chi connectivity index (χ1) is 17.7. The summed E-state index contributed by atoms with van der Waals surface area (Å²) in [6, 6.07) is 20.5. The van der Waals surface area contributed by atoms with E-state index in [9.17, 15) is 4.79 Å². The number of hydrogen-bond acceptors (Lipinski definition) is 4. The second kappa shape index (κ2) is 9.34. The normalized spacial score (nSPS) is 13.9. The molecule has 6 rings (SSSR count). The Bertz CT molecular complexity index is 1490. The molecule has 0 bridgehead atoms. The molecule has 1 aromatic carbocycles. The Balaban J connectivity index is 1.23. The number of amides is 1. The van der Waals surface area contributed by atoms with Crippen LogP contribution in [0.3, 0.4) is 0 Å². The fourth-order valence-corrected chi connectivity index (χ4v) is 4.85. The van der Waals surface area contributed by atoms with Gasteiger partial charge in [0.15, 0.2) is 5.69 Å². The largest absolute Gasteiger partial charge is 0.368 e. The number of fused-ring (bicyclic) bond motifs is 1. The van der Waals surface area contributed by atoms with Gasteiger partial charge in [-0.15, -0.1) is 0 Å². The zero-order valence-corrected chi connectivity index (χ0v) is 20.3. The lowest BCUT2D eigenvalue weighted by Crippen LogP contribution is -2.48. The van der Waals surface area contributed by atoms with Gasteiger partial charge >= 0.3 is 0 Å². The molecule has 1 fully saturated rings. The zero-order valence-electron chi connectivity index (χ0n) is 20.3. The second-order valence-electron chi connectivity index (χ2n) is 9.29. The van der Waals surface area contributed by atoms with Gasteiger partial charge in [0, 0.05) is 75.0 Å². The number of carbonyl (C=O) groups excluding carboxylic acids is 1. The Labute approximate surface area is 210 Å². The van der Waals surface area contributed by atoms with Crippen LogP contribution in [0.1, 0.15) is 21.6 Å². The van der Waals surface area contributed by atoms with Crippen molar-refractivity contribution in [3.63, 3.8) is 0 Å². The molecule has 4 aromatic heterocycles. The molecule has 0 N–H and O–H groups in total. The Hall–Kier alpha value is -4.39. The summed E-state index contributed by atoms with van der Waals surface area (Å²) in [5.74, 6) is 0.764. The Kier molecular flexibility index (Phi) is 5.73. The predicted molar refractivity (Wildman–Crippen MR) is 141 cm³/mol. The van der Waals surface area contributed by atoms with E-state index < -0.39 is 0 Å². The third-order valence-electron chi connectivity index (χ3n) is 6.81. The highest BCUT2D eigenvalue weighted by Crippen LogP contribution is 2.25. The van der Waals surface area contributed by atoms with E-state index in [1.807, 2.05) is 58.2 Å². The molecular weight excluding hydrogens is 448 g/mol. The molecule has 1 aliphatic rings. The fourth-order valence-electron chi connectivity index (χ4n) is 4.85. The van der Waals surface area contributed by atoms with Gasteiger partial charge in [-0.25, -0.2) is 4.98 Å². The molecule has 36 heavy (non-hydrogen) atoms. The SMILES string of the molecule is Cc1ccc(N2CCN(C(=O)c3nc(-c4ccn(Cc5cccnc5)c4)n4ccccc34)CC2)cc1. The van der Waals surface area contributed by atoms with E-state index in [-0.39, 0.29) is 5.91 Å². The first-order valence-corrected chi connectivity index (χ1v) is 12.3. The molecule has 0 aliphatic carbocycles. The lowest BCUT2D eigenvalue weighted by atomic mass is 10.2. The van der Waals surface area contributed by atoms with Gasteiger partial charge in [0.1, 0.15) is 5.82 Å². The van der Waals surface area contributed by atoms with Gasteiger partial charge in [0.2, 0.25) is 0 Å². The number of nitrogens with zero attached hydrogens (tertiary/aromatic N) is 6. The van der Waals surface area contributed by atoms with Crippen molar-refractivity contribution in [3.8, 4) is 11.4 Å². The summed E-state index contributed by atoms with van der Waals surface area (Å²) in [6.45, 7) is 5.80. The standard InChI is InChI=1S/C29H28N6O/c1-22-7-9-25(10-8-22)33-15-17-34(18-16-33)29(36)27-26-6-2-3-13-35(26)28(31-27)24-11-14-32(21-24)20-23-5-4-12-30-19-23/h2-14,19,21H,15-18,20H2,1H3. The van der Waals surface area contributed by atoms with E-state index in [1.54, 1.807) is 6.20 Å². The summed E-state index contributed by atoms with van der Waals surface area (Å²) in [4.78, 5) is 27.0. The van der Waals surface area contributed by atoms with Crippen LogP contribution in [-0.2, 0) is 6.54 Å². The quantitative estimate of drug-likeness (QED) is 0.374. The van der Waals surface area contributed by atoms with Crippen molar-refractivity contribution in [2.24, 2.45) is 0 Å². The van der Waals surface area contributed by atoms with Crippen LogP contribution in [0.2, 0.25) is 0 Å². The third-order valence-corrected chi connectivity index (χ3v) is 6.81. The smallest absolute Gasteiger partial charge is 0.274 e. The lowest BCUT2D eigenvalue weighted by molar-refractivity contribution is 0.0743. The minimum absolute atomic E-state index is 0.0108. The second-order valence-corrected chi connectivity index (χ2v) is 9.29. The highest BCUT2D eigenvalue weighted by Gasteiger charge is 2.27. The van der Waals surface area contributed by atoms with Crippen molar-refractivity contribution >= 4 is 17.1 Å². The van der Waals surface area contributed by atoms with E-state index in [0.29, 0.717) is 18.8 Å². The maximum atomic E-state index is 13.6. The molecule has 5 heterocycles. The van der Waals surface area contributed by atoms with Gasteiger partial charge in [0.05, 0.1) is 5.52 Å². The molecule has 7 nitrogen and oxygen atoms in total. The number of benzene rings is 1. The summed E-state index contributed by atoms with van der Waals surface area (Å²) in [5.41, 5.74) is 5.91. The molecule has 1 aliphatic heterocycles. The van der Waals surface area contributed by atoms with Gasteiger partial charge in [-0.1, -0.05) is 29.8 Å². The van der Waals surface area contributed by atoms with E-state index in [0.717, 1.165) is 42.1 Å². The van der Waals surface area contributed by atoms with Crippen molar-refractivity contribution in [1.82, 2.24) is 23.8 Å². The molecule has 180 valence electrons. The number of rotatable bonds is 5. The molecule has 0 atom stereocenters. The summed E-state index contributed by atoms with van der Waals surface area (Å²) in [7, 11) is 0. The highest BCUT2D eigenvalue weighted by atomic mass is 16.2. The monoisotopic (exact) mass is 476 g/mol. The Morgan fingerprint density at radius 1 is 0.917 bits per heavy atom. The third kappa shape index (κ3) is 4.24. The maximum Gasteiger partial charge on any atom is 0.274 e. The molecular formula is C29H28N6O. The zero-order chi connectivity index (χ0) is 24.5. The van der Waals surface area contributed by atoms with Crippen LogP contribution in [0.25, 0.3) is 16.9 Å². The van der Waals surface area contributed by atoms with Crippen LogP contribution in [0.5, 0.6) is 0 Å². The van der Waals surface area contributed by atoms with Crippen LogP contribution in [0.15, 0.2) is 91.6 Å². The van der Waals surface area contributed by atoms with E-state index in [1.165, 1.54) is 11.3 Å². The van der Waals surface area contributed by atoms with Gasteiger partial charge in [0.25, 0.3) is 5.91 Å². The van der Waals surface area contributed by atoms with Gasteiger partial charge < -0.3 is 14.4 Å². The highest BCUT2D eigenvalue weighted by molar-refractivity contribution is 6.00. The number of hydrogen-bond donors (Lipinski definition) is 0. The van der Waals surface area contributed by atoms with Gasteiger partial charge in [-0.3, -0.25) is 14.2 Å². The Morgan fingerprint density at radius 2 is 1.75 bits per heavy atom. The van der Waals surface area contributed by atoms with E-state index in [4.69, 9.17) is 4.98 Å². The summed E-state index contributed by atoms with van der Waals surface area (Å²) in [5, 5.41) is 0. The average Bonchev–Trinajstić information content (AvgIpc) is 3.54. The van der Waals surface area contributed by atoms with E-state index in [2.05, 4.69) is 57.9 Å². The first kappa shape index (κ1) is 22.1. The number of aromatic nitrogens is 4. The topological polar surface area (TPSA) is 58.7 Å². The minimum atomic E-state index is -0.0108. The van der Waals surface area contributed by atoms with Crippen molar-refractivity contribution in [2.75, 3.05) is 31.1 Å². The van der Waals surface area contributed by atoms with Crippen molar-refractivity contribution in [1.29, 1.82) is 0 Å². The van der Waals surface area contributed by atoms with Crippen molar-refractivity contribution < 1.29 is 4.79 Å². The predicted octanol–water partition coefficient (Wildman–Crippen LogP) is 4.52. The summed E-state index contributed by atoms with van der Waals surface area (Å²) >= 11 is 0. The molecule has 1 saturated heterocycles. The van der Waals surface area contributed by atoms with Crippen LogP contribution in [0.4, 0.5) is 5.69 Å². The number of carbonyl (C=O) groups is 1. The number of aryl methyl sites for hydroxylation is 1. The molecule has 0 unspecified atom stereocenters. The lowest BCUT2D eigenvalue weighted by Gasteiger charge is -2.36.